The van der Waals surface area contributed by atoms with Crippen LogP contribution in [0.15, 0.2) is 52.2 Å². The zero-order chi connectivity index (χ0) is 28.8. The van der Waals surface area contributed by atoms with Crippen molar-refractivity contribution >= 4 is 14.0 Å². The number of rotatable bonds is 11. The van der Waals surface area contributed by atoms with Gasteiger partial charge in [0.05, 0.1) is 26.4 Å². The lowest BCUT2D eigenvalue weighted by Gasteiger charge is -2.31. The molecule has 15 nitrogen and oxygen atoms in total. The number of hydrogen-bond donors (Lipinski definition) is 3. The van der Waals surface area contributed by atoms with E-state index in [0.717, 1.165) is 23.8 Å². The monoisotopic (exact) mass is 588 g/mol. The Kier molecular flexibility index (Phi) is 7.48. The second-order valence-electron chi connectivity index (χ2n) is 9.55. The molecular formula is C23H26FN2O13P. The molecule has 1 aromatic carbocycles. The van der Waals surface area contributed by atoms with E-state index in [2.05, 4.69) is 0 Å². The number of ether oxygens (including phenoxy) is 4. The molecule has 1 saturated carbocycles. The van der Waals surface area contributed by atoms with Crippen molar-refractivity contribution in [2.75, 3.05) is 26.6 Å². The van der Waals surface area contributed by atoms with E-state index in [1.807, 2.05) is 4.98 Å². The predicted octanol–water partition coefficient (Wildman–Crippen LogP) is 0.506. The van der Waals surface area contributed by atoms with Crippen LogP contribution in [0.5, 0.6) is 0 Å². The fraction of sp³-hybridized carbons (Fsp3) is 0.522. The van der Waals surface area contributed by atoms with Gasteiger partial charge in [-0.25, -0.2) is 23.1 Å². The summed E-state index contributed by atoms with van der Waals surface area (Å²) in [7, 11) is -4.66. The van der Waals surface area contributed by atoms with Crippen molar-refractivity contribution in [3.8, 4) is 0 Å². The van der Waals surface area contributed by atoms with Crippen molar-refractivity contribution in [1.29, 1.82) is 0 Å². The quantitative estimate of drug-likeness (QED) is 0.187. The van der Waals surface area contributed by atoms with Gasteiger partial charge in [0.1, 0.15) is 5.60 Å². The molecular weight excluding hydrogens is 562 g/mol. The van der Waals surface area contributed by atoms with E-state index < -0.39 is 73.9 Å². The Labute approximate surface area is 224 Å². The fourth-order valence-corrected chi connectivity index (χ4v) is 5.61. The lowest BCUT2D eigenvalue weighted by atomic mass is 9.94. The number of H-pyrrole nitrogens is 1. The van der Waals surface area contributed by atoms with Crippen LogP contribution in [0, 0.1) is 0 Å². The Balaban J connectivity index is 1.31. The molecule has 3 fully saturated rings. The number of fused-ring (bicyclic) bond motifs is 1. The zero-order valence-corrected chi connectivity index (χ0v) is 21.9. The maximum Gasteiger partial charge on any atom is 0.510 e. The van der Waals surface area contributed by atoms with Crippen molar-refractivity contribution in [2.24, 2.45) is 0 Å². The van der Waals surface area contributed by atoms with Crippen molar-refractivity contribution in [1.82, 2.24) is 9.55 Å². The summed E-state index contributed by atoms with van der Waals surface area (Å²) in [6.07, 6.45) is -4.54. The minimum Gasteiger partial charge on any atom is -0.426 e. The van der Waals surface area contributed by atoms with E-state index in [1.54, 1.807) is 30.3 Å². The summed E-state index contributed by atoms with van der Waals surface area (Å²) in [6.45, 7) is -0.794. The van der Waals surface area contributed by atoms with E-state index in [1.165, 1.54) is 0 Å². The number of halogens is 1. The Morgan fingerprint density at radius 3 is 2.55 bits per heavy atom. The first kappa shape index (κ1) is 28.6. The van der Waals surface area contributed by atoms with Crippen LogP contribution < -0.4 is 11.2 Å². The van der Waals surface area contributed by atoms with E-state index in [0.29, 0.717) is 5.56 Å². The Hall–Kier alpha value is -2.95. The van der Waals surface area contributed by atoms with Gasteiger partial charge in [-0.05, 0) is 12.5 Å². The lowest BCUT2D eigenvalue weighted by Crippen LogP contribution is -2.50. The number of benzene rings is 1. The first-order valence-electron chi connectivity index (χ1n) is 12.0. The number of nitrogens with zero attached hydrogens (tertiary/aromatic N) is 1. The molecule has 0 spiro atoms. The van der Waals surface area contributed by atoms with Crippen molar-refractivity contribution in [2.45, 2.75) is 48.8 Å². The largest absolute Gasteiger partial charge is 0.510 e. The first-order valence-corrected chi connectivity index (χ1v) is 13.4. The lowest BCUT2D eigenvalue weighted by molar-refractivity contribution is -0.160. The van der Waals surface area contributed by atoms with Crippen LogP contribution in [0.2, 0.25) is 0 Å². The van der Waals surface area contributed by atoms with E-state index in [-0.39, 0.29) is 19.8 Å². The van der Waals surface area contributed by atoms with Crippen LogP contribution in [0.1, 0.15) is 18.7 Å². The van der Waals surface area contributed by atoms with Gasteiger partial charge in [-0.1, -0.05) is 30.3 Å². The maximum absolute atomic E-state index is 15.1. The predicted molar refractivity (Wildman–Crippen MR) is 128 cm³/mol. The molecule has 0 bridgehead atoms. The highest BCUT2D eigenvalue weighted by Crippen LogP contribution is 2.69. The summed E-state index contributed by atoms with van der Waals surface area (Å²) in [6, 6.07) is 9.40. The standard InChI is InChI=1S/C23H26FN2O13P/c1-21(30)18(26-8-7-16(27)25-19(26)28)39-22(17(24)23(21,22)31)12-36-40(32,35-9-14-5-3-2-4-6-14)37-13-34-20(29)38-15-10-33-11-15/h2-8,15,17-18,30-31H,9-13H2,1H3,(H,25,27,28). The second-order valence-corrected chi connectivity index (χ2v) is 11.2. The van der Waals surface area contributed by atoms with Gasteiger partial charge in [-0.15, -0.1) is 0 Å². The molecule has 6 atom stereocenters. The van der Waals surface area contributed by atoms with Crippen molar-refractivity contribution < 1.29 is 56.5 Å². The van der Waals surface area contributed by atoms with Gasteiger partial charge in [-0.2, -0.15) is 0 Å². The Morgan fingerprint density at radius 1 is 1.18 bits per heavy atom. The van der Waals surface area contributed by atoms with Crippen LogP contribution in [0.3, 0.4) is 0 Å². The molecule has 1 aromatic heterocycles. The maximum atomic E-state index is 15.1. The fourth-order valence-electron chi connectivity index (χ4n) is 4.54. The molecule has 5 rings (SSSR count). The van der Waals surface area contributed by atoms with E-state index >= 15 is 4.39 Å². The van der Waals surface area contributed by atoms with Crippen LogP contribution in [-0.4, -0.2) is 81.6 Å². The van der Waals surface area contributed by atoms with Gasteiger partial charge < -0.3 is 29.2 Å². The van der Waals surface area contributed by atoms with Gasteiger partial charge >= 0.3 is 19.7 Å². The molecule has 3 aliphatic rings. The van der Waals surface area contributed by atoms with Crippen LogP contribution in [-0.2, 0) is 43.7 Å². The molecule has 0 radical (unpaired) electrons. The smallest absolute Gasteiger partial charge is 0.426 e. The summed E-state index contributed by atoms with van der Waals surface area (Å²) in [5, 5.41) is 22.1. The third-order valence-corrected chi connectivity index (χ3v) is 8.26. The average Bonchev–Trinajstić information content (AvgIpc) is 3.30. The number of aromatic nitrogens is 2. The summed E-state index contributed by atoms with van der Waals surface area (Å²) < 4.78 is 65.2. The highest BCUT2D eigenvalue weighted by Gasteiger charge is 2.93. The molecule has 218 valence electrons. The molecule has 2 aliphatic heterocycles. The third kappa shape index (κ3) is 4.90. The number of aromatic amines is 1. The number of phosphoric acid groups is 1. The van der Waals surface area contributed by atoms with Crippen molar-refractivity contribution in [3.63, 3.8) is 0 Å². The Bertz CT molecular complexity index is 1410. The average molecular weight is 588 g/mol. The molecule has 2 saturated heterocycles. The van der Waals surface area contributed by atoms with Gasteiger partial charge in [-0.3, -0.25) is 23.4 Å². The minimum absolute atomic E-state index is 0.198. The molecule has 17 heteroatoms. The molecule has 3 N–H and O–H groups in total. The molecule has 1 aliphatic carbocycles. The number of carbonyl (C=O) groups excluding carboxylic acids is 1. The second kappa shape index (κ2) is 10.5. The number of aliphatic hydroxyl groups is 2. The topological polar surface area (TPSA) is 194 Å². The minimum atomic E-state index is -4.66. The molecule has 6 unspecified atom stereocenters. The zero-order valence-electron chi connectivity index (χ0n) is 21.0. The number of phosphoric ester groups is 1. The first-order chi connectivity index (χ1) is 18.9. The number of alkyl halides is 1. The van der Waals surface area contributed by atoms with Crippen LogP contribution in [0.25, 0.3) is 0 Å². The normalized spacial score (nSPS) is 32.5. The Morgan fingerprint density at radius 2 is 1.90 bits per heavy atom. The third-order valence-electron chi connectivity index (χ3n) is 6.94. The van der Waals surface area contributed by atoms with Gasteiger partial charge in [0.15, 0.2) is 29.7 Å². The summed E-state index contributed by atoms with van der Waals surface area (Å²) >= 11 is 0. The number of nitrogens with one attached hydrogen (secondary N) is 1. The van der Waals surface area contributed by atoms with E-state index in [9.17, 15) is 29.2 Å². The highest BCUT2D eigenvalue weighted by atomic mass is 31.2. The summed E-state index contributed by atoms with van der Waals surface area (Å²) in [5.74, 6) is 0. The number of carbonyl (C=O) groups is 1. The van der Waals surface area contributed by atoms with Crippen LogP contribution >= 0.6 is 7.82 Å². The van der Waals surface area contributed by atoms with Crippen LogP contribution in [0.4, 0.5) is 9.18 Å². The summed E-state index contributed by atoms with van der Waals surface area (Å²) in [5.41, 5.74) is -8.50. The van der Waals surface area contributed by atoms with Gasteiger partial charge in [0.2, 0.25) is 6.79 Å². The molecule has 2 aromatic rings. The number of hydrogen-bond acceptors (Lipinski definition) is 13. The molecule has 40 heavy (non-hydrogen) atoms. The molecule has 0 amide bonds. The summed E-state index contributed by atoms with van der Waals surface area (Å²) in [4.78, 5) is 37.5. The van der Waals surface area contributed by atoms with E-state index in [4.69, 9.17) is 32.5 Å². The highest BCUT2D eigenvalue weighted by molar-refractivity contribution is 7.48. The van der Waals surface area contributed by atoms with Gasteiger partial charge in [0.25, 0.3) is 5.56 Å². The molecule has 3 heterocycles. The van der Waals surface area contributed by atoms with Crippen molar-refractivity contribution in [3.05, 3.63) is 69.0 Å². The SMILES string of the molecule is CC1(O)C(n2ccc(=O)[nH]c2=O)OC2(COP(=O)(OCOC(=O)OC3COC3)OCc3ccccc3)C(F)C12O. The van der Waals surface area contributed by atoms with Gasteiger partial charge in [0, 0.05) is 12.3 Å².